The van der Waals surface area contributed by atoms with E-state index in [0.717, 1.165) is 6.42 Å². The Morgan fingerprint density at radius 3 is 2.62 bits per heavy atom. The molecule has 3 nitrogen and oxygen atoms in total. The van der Waals surface area contributed by atoms with Crippen LogP contribution in [0.2, 0.25) is 0 Å². The van der Waals surface area contributed by atoms with Gasteiger partial charge in [0.1, 0.15) is 0 Å². The highest BCUT2D eigenvalue weighted by molar-refractivity contribution is 5.88. The second kappa shape index (κ2) is 9.40. The lowest BCUT2D eigenvalue weighted by Gasteiger charge is -2.14. The van der Waals surface area contributed by atoms with Crippen LogP contribution in [0.3, 0.4) is 0 Å². The predicted octanol–water partition coefficient (Wildman–Crippen LogP) is 2.66. The maximum absolute atomic E-state index is 11.3. The number of carbonyl (C=O) groups is 1. The van der Waals surface area contributed by atoms with Crippen LogP contribution in [0.4, 0.5) is 0 Å². The molecule has 1 atom stereocenters. The molecule has 16 heavy (non-hydrogen) atoms. The van der Waals surface area contributed by atoms with Crippen LogP contribution in [0.1, 0.15) is 46.5 Å². The molecule has 3 heteroatoms. The molecule has 0 radical (unpaired) electrons. The molecule has 0 aliphatic carbocycles. The number of hydrogen-bond acceptors (Lipinski definition) is 3. The molecule has 0 aliphatic heterocycles. The summed E-state index contributed by atoms with van der Waals surface area (Å²) in [4.78, 5) is 11.3. The van der Waals surface area contributed by atoms with Crippen molar-refractivity contribution in [3.05, 3.63) is 12.2 Å². The van der Waals surface area contributed by atoms with Crippen molar-refractivity contribution in [3.8, 4) is 0 Å². The van der Waals surface area contributed by atoms with Crippen molar-refractivity contribution in [3.63, 3.8) is 0 Å². The number of rotatable bonds is 9. The largest absolute Gasteiger partial charge is 0.463 e. The van der Waals surface area contributed by atoms with E-state index in [4.69, 9.17) is 4.74 Å². The summed E-state index contributed by atoms with van der Waals surface area (Å²) in [6, 6.07) is 0.428. The van der Waals surface area contributed by atoms with Gasteiger partial charge in [-0.05, 0) is 20.3 Å². The maximum atomic E-state index is 11.3. The second-order valence-corrected chi connectivity index (χ2v) is 4.10. The molecule has 0 rings (SSSR count). The first-order valence-electron chi connectivity index (χ1n) is 6.20. The minimum atomic E-state index is -0.296. The molecule has 0 aromatic heterocycles. The Morgan fingerprint density at radius 2 is 2.06 bits per heavy atom. The van der Waals surface area contributed by atoms with Gasteiger partial charge in [-0.3, -0.25) is 0 Å². The third kappa shape index (κ3) is 7.46. The van der Waals surface area contributed by atoms with Gasteiger partial charge in [-0.2, -0.15) is 0 Å². The van der Waals surface area contributed by atoms with Gasteiger partial charge in [-0.25, -0.2) is 4.79 Å². The Morgan fingerprint density at radius 1 is 1.38 bits per heavy atom. The zero-order valence-corrected chi connectivity index (χ0v) is 10.8. The van der Waals surface area contributed by atoms with Gasteiger partial charge in [-0.1, -0.05) is 32.8 Å². The van der Waals surface area contributed by atoms with E-state index in [0.29, 0.717) is 24.8 Å². The van der Waals surface area contributed by atoms with E-state index in [-0.39, 0.29) is 5.97 Å². The average molecular weight is 227 g/mol. The normalized spacial score (nSPS) is 12.2. The Balaban J connectivity index is 3.62. The van der Waals surface area contributed by atoms with E-state index in [2.05, 4.69) is 25.7 Å². The van der Waals surface area contributed by atoms with Gasteiger partial charge >= 0.3 is 5.97 Å². The first-order chi connectivity index (χ1) is 7.61. The molecule has 1 unspecified atom stereocenters. The van der Waals surface area contributed by atoms with Crippen molar-refractivity contribution in [2.24, 2.45) is 0 Å². The molecule has 0 fully saturated rings. The van der Waals surface area contributed by atoms with Crippen molar-refractivity contribution >= 4 is 5.97 Å². The molecule has 94 valence electrons. The molecule has 1 N–H and O–H groups in total. The highest BCUT2D eigenvalue weighted by Gasteiger charge is 2.08. The molecular formula is C13H25NO2. The smallest absolute Gasteiger partial charge is 0.334 e. The third-order valence-corrected chi connectivity index (χ3v) is 2.47. The number of hydrogen-bond donors (Lipinski definition) is 1. The van der Waals surface area contributed by atoms with Gasteiger partial charge in [0.25, 0.3) is 0 Å². The summed E-state index contributed by atoms with van der Waals surface area (Å²) < 4.78 is 4.86. The quantitative estimate of drug-likeness (QED) is 0.374. The summed E-state index contributed by atoms with van der Waals surface area (Å²) in [7, 11) is 0. The minimum Gasteiger partial charge on any atom is -0.463 e. The summed E-state index contributed by atoms with van der Waals surface area (Å²) in [6.45, 7) is 10.8. The van der Waals surface area contributed by atoms with Gasteiger partial charge in [0.05, 0.1) is 6.61 Å². The standard InChI is InChI=1S/C13H25NO2/c1-5-7-8-9-12(4)14-10-11(3)13(15)16-6-2/h12,14H,3,5-10H2,1-2,4H3. The molecule has 0 heterocycles. The number of esters is 1. The summed E-state index contributed by atoms with van der Waals surface area (Å²) >= 11 is 0. The zero-order chi connectivity index (χ0) is 12.4. The Hall–Kier alpha value is -0.830. The van der Waals surface area contributed by atoms with Gasteiger partial charge in [0, 0.05) is 18.2 Å². The van der Waals surface area contributed by atoms with Crippen LogP contribution in [-0.4, -0.2) is 25.2 Å². The lowest BCUT2D eigenvalue weighted by Crippen LogP contribution is -2.30. The Kier molecular flexibility index (Phi) is 8.91. The van der Waals surface area contributed by atoms with Gasteiger partial charge in [-0.15, -0.1) is 0 Å². The van der Waals surface area contributed by atoms with E-state index in [1.165, 1.54) is 19.3 Å². The SMILES string of the molecule is C=C(CNC(C)CCCCC)C(=O)OCC. The second-order valence-electron chi connectivity index (χ2n) is 4.10. The van der Waals surface area contributed by atoms with Crippen molar-refractivity contribution in [2.75, 3.05) is 13.2 Å². The fraction of sp³-hybridized carbons (Fsp3) is 0.769. The molecule has 0 aromatic rings. The topological polar surface area (TPSA) is 38.3 Å². The minimum absolute atomic E-state index is 0.296. The predicted molar refractivity (Wildman–Crippen MR) is 67.4 cm³/mol. The number of ether oxygens (including phenoxy) is 1. The molecule has 0 aliphatic rings. The van der Waals surface area contributed by atoms with Crippen molar-refractivity contribution in [1.29, 1.82) is 0 Å². The molecule has 0 saturated carbocycles. The molecule has 0 spiro atoms. The average Bonchev–Trinajstić information content (AvgIpc) is 2.26. The molecule has 0 saturated heterocycles. The van der Waals surface area contributed by atoms with Crippen LogP contribution in [0.5, 0.6) is 0 Å². The summed E-state index contributed by atoms with van der Waals surface area (Å²) in [5, 5.41) is 3.28. The lowest BCUT2D eigenvalue weighted by molar-refractivity contribution is -0.138. The van der Waals surface area contributed by atoms with Crippen LogP contribution in [0, 0.1) is 0 Å². The van der Waals surface area contributed by atoms with Crippen molar-refractivity contribution in [2.45, 2.75) is 52.5 Å². The number of carbonyl (C=O) groups excluding carboxylic acids is 1. The summed E-state index contributed by atoms with van der Waals surface area (Å²) in [5.74, 6) is -0.296. The van der Waals surface area contributed by atoms with E-state index in [1.54, 1.807) is 6.92 Å². The van der Waals surface area contributed by atoms with Gasteiger partial charge in [0.15, 0.2) is 0 Å². The van der Waals surface area contributed by atoms with Crippen molar-refractivity contribution in [1.82, 2.24) is 5.32 Å². The number of unbranched alkanes of at least 4 members (excludes halogenated alkanes) is 2. The summed E-state index contributed by atoms with van der Waals surface area (Å²) in [5.41, 5.74) is 0.504. The van der Waals surface area contributed by atoms with Crippen LogP contribution in [-0.2, 0) is 9.53 Å². The first-order valence-corrected chi connectivity index (χ1v) is 6.20. The zero-order valence-electron chi connectivity index (χ0n) is 10.8. The highest BCUT2D eigenvalue weighted by atomic mass is 16.5. The van der Waals surface area contributed by atoms with Gasteiger partial charge in [0.2, 0.25) is 0 Å². The number of nitrogens with one attached hydrogen (secondary N) is 1. The van der Waals surface area contributed by atoms with Gasteiger partial charge < -0.3 is 10.1 Å². The van der Waals surface area contributed by atoms with Crippen molar-refractivity contribution < 1.29 is 9.53 Å². The first kappa shape index (κ1) is 15.2. The van der Waals surface area contributed by atoms with E-state index in [1.807, 2.05) is 0 Å². The highest BCUT2D eigenvalue weighted by Crippen LogP contribution is 2.03. The fourth-order valence-corrected chi connectivity index (χ4v) is 1.41. The van der Waals surface area contributed by atoms with Crippen LogP contribution < -0.4 is 5.32 Å². The maximum Gasteiger partial charge on any atom is 0.334 e. The molecule has 0 aromatic carbocycles. The molecule has 0 amide bonds. The van der Waals surface area contributed by atoms with Crippen LogP contribution >= 0.6 is 0 Å². The molecule has 0 bridgehead atoms. The Labute approximate surface area is 99.3 Å². The van der Waals surface area contributed by atoms with E-state index in [9.17, 15) is 4.79 Å². The van der Waals surface area contributed by atoms with Crippen LogP contribution in [0.25, 0.3) is 0 Å². The van der Waals surface area contributed by atoms with E-state index >= 15 is 0 Å². The lowest BCUT2D eigenvalue weighted by atomic mass is 10.1. The summed E-state index contributed by atoms with van der Waals surface area (Å²) in [6.07, 6.45) is 4.88. The third-order valence-electron chi connectivity index (χ3n) is 2.47. The molecular weight excluding hydrogens is 202 g/mol. The monoisotopic (exact) mass is 227 g/mol. The Bertz CT molecular complexity index is 214. The van der Waals surface area contributed by atoms with E-state index < -0.39 is 0 Å². The van der Waals surface area contributed by atoms with Crippen LogP contribution in [0.15, 0.2) is 12.2 Å². The fourth-order valence-electron chi connectivity index (χ4n) is 1.41.